The van der Waals surface area contributed by atoms with E-state index in [1.54, 1.807) is 11.4 Å². The zero-order valence-corrected chi connectivity index (χ0v) is 13.3. The van der Waals surface area contributed by atoms with E-state index < -0.39 is 16.1 Å². The number of fused-ring (bicyclic) bond motifs is 1. The van der Waals surface area contributed by atoms with Crippen molar-refractivity contribution in [2.45, 2.75) is 10.3 Å². The van der Waals surface area contributed by atoms with Crippen molar-refractivity contribution in [2.75, 3.05) is 6.54 Å². The Morgan fingerprint density at radius 2 is 1.82 bits per heavy atom. The smallest absolute Gasteiger partial charge is 0.250 e. The number of thiophene rings is 1. The van der Waals surface area contributed by atoms with Crippen molar-refractivity contribution in [3.05, 3.63) is 65.5 Å². The highest BCUT2D eigenvalue weighted by Gasteiger charge is 2.18. The molecule has 0 aliphatic carbocycles. The standard InChI is InChI=1S/C16H15NO3S2/c18-15(11-17-22(19,20)16-9-4-10-21-16)14-8-3-6-12-5-1-2-7-13(12)14/h1-10,15,17-18H,11H2/t15-/m0/s1. The van der Waals surface area contributed by atoms with Crippen LogP contribution in [0.1, 0.15) is 11.7 Å². The van der Waals surface area contributed by atoms with Gasteiger partial charge in [0.05, 0.1) is 6.10 Å². The van der Waals surface area contributed by atoms with Crippen LogP contribution < -0.4 is 4.72 Å². The van der Waals surface area contributed by atoms with E-state index in [9.17, 15) is 13.5 Å². The largest absolute Gasteiger partial charge is 0.387 e. The van der Waals surface area contributed by atoms with Gasteiger partial charge in [-0.05, 0) is 27.8 Å². The minimum absolute atomic E-state index is 0.0613. The van der Waals surface area contributed by atoms with Gasteiger partial charge in [0.2, 0.25) is 10.0 Å². The van der Waals surface area contributed by atoms with E-state index in [2.05, 4.69) is 4.72 Å². The predicted octanol–water partition coefficient (Wildman–Crippen LogP) is 2.91. The third-order valence-corrected chi connectivity index (χ3v) is 6.23. The summed E-state index contributed by atoms with van der Waals surface area (Å²) >= 11 is 1.15. The molecule has 4 nitrogen and oxygen atoms in total. The highest BCUT2D eigenvalue weighted by molar-refractivity contribution is 7.91. The lowest BCUT2D eigenvalue weighted by molar-refractivity contribution is 0.183. The first-order valence-electron chi connectivity index (χ1n) is 6.77. The monoisotopic (exact) mass is 333 g/mol. The summed E-state index contributed by atoms with van der Waals surface area (Å²) in [7, 11) is -3.56. The number of hydrogen-bond donors (Lipinski definition) is 2. The van der Waals surface area contributed by atoms with Gasteiger partial charge >= 0.3 is 0 Å². The number of benzene rings is 2. The molecule has 0 saturated heterocycles. The Balaban J connectivity index is 1.81. The fourth-order valence-electron chi connectivity index (χ4n) is 2.33. The van der Waals surface area contributed by atoms with Crippen molar-refractivity contribution < 1.29 is 13.5 Å². The molecule has 0 saturated carbocycles. The van der Waals surface area contributed by atoms with Gasteiger partial charge in [-0.2, -0.15) is 0 Å². The molecule has 2 N–H and O–H groups in total. The second-order valence-corrected chi connectivity index (χ2v) is 7.81. The molecule has 1 aromatic heterocycles. The van der Waals surface area contributed by atoms with Crippen molar-refractivity contribution in [2.24, 2.45) is 0 Å². The van der Waals surface area contributed by atoms with Gasteiger partial charge in [0.1, 0.15) is 4.21 Å². The quantitative estimate of drug-likeness (QED) is 0.754. The summed E-state index contributed by atoms with van der Waals surface area (Å²) in [6.07, 6.45) is -0.902. The minimum Gasteiger partial charge on any atom is -0.387 e. The van der Waals surface area contributed by atoms with Crippen molar-refractivity contribution in [3.8, 4) is 0 Å². The summed E-state index contributed by atoms with van der Waals surface area (Å²) in [5.41, 5.74) is 0.715. The van der Waals surface area contributed by atoms with Crippen LogP contribution in [0.4, 0.5) is 0 Å². The molecule has 0 fully saturated rings. The van der Waals surface area contributed by atoms with E-state index in [0.717, 1.165) is 22.1 Å². The lowest BCUT2D eigenvalue weighted by atomic mass is 10.0. The second kappa shape index (κ2) is 6.18. The third-order valence-electron chi connectivity index (χ3n) is 3.41. The minimum atomic E-state index is -3.56. The molecule has 1 atom stereocenters. The third kappa shape index (κ3) is 3.05. The maximum absolute atomic E-state index is 12.1. The van der Waals surface area contributed by atoms with E-state index >= 15 is 0 Å². The maximum atomic E-state index is 12.1. The van der Waals surface area contributed by atoms with Crippen LogP contribution in [0, 0.1) is 0 Å². The van der Waals surface area contributed by atoms with E-state index in [-0.39, 0.29) is 10.8 Å². The van der Waals surface area contributed by atoms with E-state index in [4.69, 9.17) is 0 Å². The molecule has 6 heteroatoms. The van der Waals surface area contributed by atoms with Crippen LogP contribution in [-0.2, 0) is 10.0 Å². The molecule has 3 rings (SSSR count). The summed E-state index contributed by atoms with van der Waals surface area (Å²) in [5, 5.41) is 14.0. The van der Waals surface area contributed by atoms with Crippen LogP contribution in [-0.4, -0.2) is 20.1 Å². The molecule has 0 aliphatic heterocycles. The molecule has 0 bridgehead atoms. The molecule has 0 amide bonds. The van der Waals surface area contributed by atoms with Gasteiger partial charge < -0.3 is 5.11 Å². The first kappa shape index (κ1) is 15.2. The molecule has 22 heavy (non-hydrogen) atoms. The van der Waals surface area contributed by atoms with Gasteiger partial charge in [-0.25, -0.2) is 13.1 Å². The molecule has 0 unspecified atom stereocenters. The lowest BCUT2D eigenvalue weighted by Gasteiger charge is -2.14. The zero-order chi connectivity index (χ0) is 15.6. The number of rotatable bonds is 5. The van der Waals surface area contributed by atoms with Gasteiger partial charge in [0.15, 0.2) is 0 Å². The number of aliphatic hydroxyl groups excluding tert-OH is 1. The number of aliphatic hydroxyl groups is 1. The Kier molecular flexibility index (Phi) is 4.26. The summed E-state index contributed by atoms with van der Waals surface area (Å²) in [6, 6.07) is 16.6. The average Bonchev–Trinajstić information content (AvgIpc) is 3.07. The van der Waals surface area contributed by atoms with Crippen LogP contribution in [0.15, 0.2) is 64.2 Å². The highest BCUT2D eigenvalue weighted by Crippen LogP contribution is 2.24. The SMILES string of the molecule is O=S(=O)(NC[C@H](O)c1cccc2ccccc12)c1cccs1. The van der Waals surface area contributed by atoms with Crippen molar-refractivity contribution in [1.82, 2.24) is 4.72 Å². The van der Waals surface area contributed by atoms with E-state index in [0.29, 0.717) is 5.56 Å². The topological polar surface area (TPSA) is 66.4 Å². The van der Waals surface area contributed by atoms with Crippen LogP contribution in [0.25, 0.3) is 10.8 Å². The van der Waals surface area contributed by atoms with Gasteiger partial charge in [0, 0.05) is 6.54 Å². The van der Waals surface area contributed by atoms with Crippen LogP contribution in [0.2, 0.25) is 0 Å². The highest BCUT2D eigenvalue weighted by atomic mass is 32.2. The first-order chi connectivity index (χ1) is 10.6. The summed E-state index contributed by atoms with van der Waals surface area (Å²) in [4.78, 5) is 0. The number of sulfonamides is 1. The van der Waals surface area contributed by atoms with E-state index in [1.165, 1.54) is 6.07 Å². The second-order valence-electron chi connectivity index (χ2n) is 4.87. The molecular weight excluding hydrogens is 318 g/mol. The molecule has 2 aromatic carbocycles. The molecule has 0 aliphatic rings. The Morgan fingerprint density at radius 1 is 1.05 bits per heavy atom. The fraction of sp³-hybridized carbons (Fsp3) is 0.125. The Bertz CT molecular complexity index is 868. The molecular formula is C16H15NO3S2. The first-order valence-corrected chi connectivity index (χ1v) is 9.13. The van der Waals surface area contributed by atoms with Crippen LogP contribution >= 0.6 is 11.3 Å². The zero-order valence-electron chi connectivity index (χ0n) is 11.6. The maximum Gasteiger partial charge on any atom is 0.250 e. The lowest BCUT2D eigenvalue weighted by Crippen LogP contribution is -2.28. The van der Waals surface area contributed by atoms with Gasteiger partial charge in [-0.15, -0.1) is 11.3 Å². The predicted molar refractivity (Wildman–Crippen MR) is 88.4 cm³/mol. The number of hydrogen-bond acceptors (Lipinski definition) is 4. The van der Waals surface area contributed by atoms with Crippen molar-refractivity contribution in [3.63, 3.8) is 0 Å². The van der Waals surface area contributed by atoms with E-state index in [1.807, 2.05) is 42.5 Å². The number of nitrogens with one attached hydrogen (secondary N) is 1. The van der Waals surface area contributed by atoms with Gasteiger partial charge in [-0.1, -0.05) is 48.5 Å². The van der Waals surface area contributed by atoms with Crippen molar-refractivity contribution >= 4 is 32.1 Å². The molecule has 0 radical (unpaired) electrons. The summed E-state index contributed by atoms with van der Waals surface area (Å²) in [5.74, 6) is 0. The normalized spacial score (nSPS) is 13.3. The van der Waals surface area contributed by atoms with Gasteiger partial charge in [-0.3, -0.25) is 0 Å². The molecule has 114 valence electrons. The Labute approximate surface area is 133 Å². The van der Waals surface area contributed by atoms with Gasteiger partial charge in [0.25, 0.3) is 0 Å². The van der Waals surface area contributed by atoms with Crippen molar-refractivity contribution in [1.29, 1.82) is 0 Å². The fourth-order valence-corrected chi connectivity index (χ4v) is 4.40. The summed E-state index contributed by atoms with van der Waals surface area (Å²) in [6.45, 7) is -0.0613. The molecule has 1 heterocycles. The summed E-state index contributed by atoms with van der Waals surface area (Å²) < 4.78 is 26.9. The van der Waals surface area contributed by atoms with Crippen LogP contribution in [0.3, 0.4) is 0 Å². The average molecular weight is 333 g/mol. The molecule has 3 aromatic rings. The Hall–Kier alpha value is -1.73. The Morgan fingerprint density at radius 3 is 2.59 bits per heavy atom. The van der Waals surface area contributed by atoms with Crippen LogP contribution in [0.5, 0.6) is 0 Å². The molecule has 0 spiro atoms.